The normalized spacial score (nSPS) is 33.9. The number of benzene rings is 2. The predicted octanol–water partition coefficient (Wildman–Crippen LogP) is 3.22. The zero-order valence-corrected chi connectivity index (χ0v) is 15.5. The Morgan fingerprint density at radius 1 is 0.593 bits per heavy atom. The van der Waals surface area contributed by atoms with Crippen LogP contribution in [0.1, 0.15) is 25.0 Å². The lowest BCUT2D eigenvalue weighted by molar-refractivity contribution is -0.368. The summed E-state index contributed by atoms with van der Waals surface area (Å²) >= 11 is 0. The zero-order valence-electron chi connectivity index (χ0n) is 15.5. The molecule has 2 aliphatic rings. The molecule has 1 spiro atoms. The first-order chi connectivity index (χ1) is 12.8. The number of phenols is 2. The van der Waals surface area contributed by atoms with Crippen molar-refractivity contribution in [2.75, 3.05) is 26.4 Å². The maximum Gasteiger partial charge on any atom is 0.191 e. The number of rotatable bonds is 2. The Bertz CT molecular complexity index is 709. The van der Waals surface area contributed by atoms with Crippen molar-refractivity contribution in [3.63, 3.8) is 0 Å². The molecule has 0 amide bonds. The summed E-state index contributed by atoms with van der Waals surface area (Å²) in [5.74, 6) is -1.32. The molecule has 0 aliphatic carbocycles. The molecule has 0 aromatic heterocycles. The van der Waals surface area contributed by atoms with E-state index >= 15 is 0 Å². The average molecular weight is 372 g/mol. The summed E-state index contributed by atoms with van der Waals surface area (Å²) in [6, 6.07) is 13.7. The van der Waals surface area contributed by atoms with Gasteiger partial charge in [0.1, 0.15) is 11.5 Å². The van der Waals surface area contributed by atoms with Gasteiger partial charge in [0.25, 0.3) is 0 Å². The standard InChI is InChI=1S/C21H24O6/c1-19(15-3-7-17(22)8-4-15)24-11-21(12-25-19)13-26-20(2,27-14-21)16-5-9-18(23)10-6-16/h3-10,22-23H,11-14H2,1-2H3. The molecular weight excluding hydrogens is 348 g/mol. The van der Waals surface area contributed by atoms with E-state index < -0.39 is 11.6 Å². The van der Waals surface area contributed by atoms with Crippen LogP contribution in [0, 0.1) is 5.41 Å². The second kappa shape index (κ2) is 6.49. The highest BCUT2D eigenvalue weighted by Crippen LogP contribution is 2.42. The summed E-state index contributed by atoms with van der Waals surface area (Å²) in [5.41, 5.74) is 1.33. The molecular formula is C21H24O6. The molecule has 2 aliphatic heterocycles. The van der Waals surface area contributed by atoms with Crippen molar-refractivity contribution in [2.24, 2.45) is 5.41 Å². The molecule has 0 radical (unpaired) electrons. The van der Waals surface area contributed by atoms with E-state index in [1.54, 1.807) is 48.5 Å². The third kappa shape index (κ3) is 3.41. The van der Waals surface area contributed by atoms with Crippen LogP contribution in [-0.2, 0) is 30.5 Å². The Hall–Kier alpha value is -2.12. The number of hydrogen-bond acceptors (Lipinski definition) is 6. The van der Waals surface area contributed by atoms with Crippen molar-refractivity contribution < 1.29 is 29.2 Å². The molecule has 144 valence electrons. The van der Waals surface area contributed by atoms with E-state index in [4.69, 9.17) is 18.9 Å². The second-order valence-electron chi connectivity index (χ2n) is 7.64. The molecule has 2 aromatic carbocycles. The van der Waals surface area contributed by atoms with Crippen LogP contribution in [0.15, 0.2) is 48.5 Å². The lowest BCUT2D eigenvalue weighted by atomic mass is 9.88. The molecule has 6 heteroatoms. The molecule has 2 aromatic rings. The van der Waals surface area contributed by atoms with Crippen LogP contribution in [0.25, 0.3) is 0 Å². The molecule has 0 unspecified atom stereocenters. The Morgan fingerprint density at radius 2 is 0.889 bits per heavy atom. The Kier molecular flexibility index (Phi) is 4.39. The van der Waals surface area contributed by atoms with Crippen LogP contribution in [0.4, 0.5) is 0 Å². The topological polar surface area (TPSA) is 77.4 Å². The molecule has 0 atom stereocenters. The summed E-state index contributed by atoms with van der Waals surface area (Å²) in [6.45, 7) is 5.51. The highest BCUT2D eigenvalue weighted by molar-refractivity contribution is 5.30. The molecule has 2 heterocycles. The van der Waals surface area contributed by atoms with Crippen LogP contribution >= 0.6 is 0 Å². The van der Waals surface area contributed by atoms with Gasteiger partial charge >= 0.3 is 0 Å². The molecule has 27 heavy (non-hydrogen) atoms. The van der Waals surface area contributed by atoms with E-state index in [9.17, 15) is 10.2 Å². The van der Waals surface area contributed by atoms with Gasteiger partial charge < -0.3 is 29.2 Å². The summed E-state index contributed by atoms with van der Waals surface area (Å²) in [4.78, 5) is 0. The predicted molar refractivity (Wildman–Crippen MR) is 97.2 cm³/mol. The van der Waals surface area contributed by atoms with Crippen LogP contribution in [-0.4, -0.2) is 36.6 Å². The Balaban J connectivity index is 1.42. The maximum atomic E-state index is 9.47. The number of hydrogen-bond donors (Lipinski definition) is 2. The smallest absolute Gasteiger partial charge is 0.191 e. The van der Waals surface area contributed by atoms with Crippen molar-refractivity contribution in [3.8, 4) is 11.5 Å². The van der Waals surface area contributed by atoms with E-state index in [0.29, 0.717) is 26.4 Å². The van der Waals surface area contributed by atoms with Crippen molar-refractivity contribution in [2.45, 2.75) is 25.4 Å². The molecule has 2 N–H and O–H groups in total. The van der Waals surface area contributed by atoms with Gasteiger partial charge in [-0.1, -0.05) is 0 Å². The number of aromatic hydroxyl groups is 2. The lowest BCUT2D eigenvalue weighted by Gasteiger charge is -2.49. The fourth-order valence-corrected chi connectivity index (χ4v) is 3.36. The van der Waals surface area contributed by atoms with E-state index in [2.05, 4.69) is 0 Å². The third-order valence-corrected chi connectivity index (χ3v) is 5.40. The molecule has 6 nitrogen and oxygen atoms in total. The van der Waals surface area contributed by atoms with Gasteiger partial charge in [0.15, 0.2) is 11.6 Å². The van der Waals surface area contributed by atoms with E-state index in [-0.39, 0.29) is 16.9 Å². The van der Waals surface area contributed by atoms with Gasteiger partial charge in [0, 0.05) is 11.1 Å². The quantitative estimate of drug-likeness (QED) is 0.843. The summed E-state index contributed by atoms with van der Waals surface area (Å²) in [7, 11) is 0. The van der Waals surface area contributed by atoms with Gasteiger partial charge in [-0.05, 0) is 62.4 Å². The van der Waals surface area contributed by atoms with Crippen LogP contribution in [0.5, 0.6) is 11.5 Å². The fourth-order valence-electron chi connectivity index (χ4n) is 3.36. The van der Waals surface area contributed by atoms with E-state index in [1.165, 1.54) is 0 Å². The van der Waals surface area contributed by atoms with E-state index in [0.717, 1.165) is 11.1 Å². The monoisotopic (exact) mass is 372 g/mol. The van der Waals surface area contributed by atoms with Crippen LogP contribution in [0.3, 0.4) is 0 Å². The fraction of sp³-hybridized carbons (Fsp3) is 0.429. The molecule has 2 saturated heterocycles. The first-order valence-corrected chi connectivity index (χ1v) is 8.98. The van der Waals surface area contributed by atoms with Gasteiger partial charge in [-0.15, -0.1) is 0 Å². The van der Waals surface area contributed by atoms with Gasteiger partial charge in [0.05, 0.1) is 31.8 Å². The second-order valence-corrected chi connectivity index (χ2v) is 7.64. The minimum absolute atomic E-state index is 0.206. The van der Waals surface area contributed by atoms with Gasteiger partial charge in [-0.25, -0.2) is 0 Å². The molecule has 0 bridgehead atoms. The molecule has 2 fully saturated rings. The largest absolute Gasteiger partial charge is 0.508 e. The first kappa shape index (κ1) is 18.3. The molecule has 4 rings (SSSR count). The number of phenolic OH excluding ortho intramolecular Hbond substituents is 2. The van der Waals surface area contributed by atoms with Gasteiger partial charge in [-0.3, -0.25) is 0 Å². The summed E-state index contributed by atoms with van der Waals surface area (Å²) < 4.78 is 24.3. The van der Waals surface area contributed by atoms with Crippen molar-refractivity contribution in [1.82, 2.24) is 0 Å². The average Bonchev–Trinajstić information content (AvgIpc) is 2.68. The van der Waals surface area contributed by atoms with E-state index in [1.807, 2.05) is 13.8 Å². The van der Waals surface area contributed by atoms with Crippen LogP contribution < -0.4 is 0 Å². The first-order valence-electron chi connectivity index (χ1n) is 8.98. The zero-order chi connectivity index (χ0) is 19.1. The van der Waals surface area contributed by atoms with Crippen molar-refractivity contribution >= 4 is 0 Å². The van der Waals surface area contributed by atoms with Crippen molar-refractivity contribution in [1.29, 1.82) is 0 Å². The lowest BCUT2D eigenvalue weighted by Crippen LogP contribution is -2.56. The summed E-state index contributed by atoms with van der Waals surface area (Å²) in [5, 5.41) is 18.9. The Morgan fingerprint density at radius 3 is 1.19 bits per heavy atom. The van der Waals surface area contributed by atoms with Gasteiger partial charge in [-0.2, -0.15) is 0 Å². The van der Waals surface area contributed by atoms with Gasteiger partial charge in [0.2, 0.25) is 0 Å². The highest BCUT2D eigenvalue weighted by Gasteiger charge is 2.49. The maximum absolute atomic E-state index is 9.47. The molecule has 0 saturated carbocycles. The SMILES string of the molecule is CC1(c2ccc(O)cc2)OCC2(CO1)COC(C)(c1ccc(O)cc1)OC2. The Labute approximate surface area is 158 Å². The van der Waals surface area contributed by atoms with Crippen molar-refractivity contribution in [3.05, 3.63) is 59.7 Å². The minimum Gasteiger partial charge on any atom is -0.508 e. The third-order valence-electron chi connectivity index (χ3n) is 5.40. The van der Waals surface area contributed by atoms with Crippen LogP contribution in [0.2, 0.25) is 0 Å². The highest BCUT2D eigenvalue weighted by atomic mass is 16.7. The number of ether oxygens (including phenoxy) is 4. The minimum atomic E-state index is -0.864. The summed E-state index contributed by atoms with van der Waals surface area (Å²) in [6.07, 6.45) is 0.